The lowest BCUT2D eigenvalue weighted by Gasteiger charge is -2.31. The van der Waals surface area contributed by atoms with Crippen LogP contribution in [0.4, 0.5) is 0 Å². The van der Waals surface area contributed by atoms with Crippen LogP contribution in [0.3, 0.4) is 0 Å². The summed E-state index contributed by atoms with van der Waals surface area (Å²) in [4.78, 5) is 40.2. The number of nitrogens with zero attached hydrogens (tertiary/aromatic N) is 2. The van der Waals surface area contributed by atoms with Gasteiger partial charge in [0.05, 0.1) is 29.0 Å². The molecule has 5 rings (SSSR count). The first-order valence-electron chi connectivity index (χ1n) is 10.1. The van der Waals surface area contributed by atoms with Crippen LogP contribution in [-0.2, 0) is 16.1 Å². The first-order chi connectivity index (χ1) is 14.5. The summed E-state index contributed by atoms with van der Waals surface area (Å²) < 4.78 is 0. The number of hydrazine groups is 1. The molecular weight excluding hydrogens is 423 g/mol. The van der Waals surface area contributed by atoms with Crippen LogP contribution in [0.15, 0.2) is 48.5 Å². The Morgan fingerprint density at radius 2 is 1.53 bits per heavy atom. The predicted molar refractivity (Wildman–Crippen MR) is 112 cm³/mol. The van der Waals surface area contributed by atoms with E-state index in [9.17, 15) is 14.4 Å². The largest absolute Gasteiger partial charge is 0.274 e. The summed E-state index contributed by atoms with van der Waals surface area (Å²) in [5, 5.41) is 3.21. The molecule has 0 N–H and O–H groups in total. The summed E-state index contributed by atoms with van der Waals surface area (Å²) in [6.07, 6.45) is 2.90. The topological polar surface area (TPSA) is 57.7 Å². The molecule has 2 aromatic rings. The number of benzene rings is 2. The molecule has 1 saturated heterocycles. The molecule has 1 aliphatic heterocycles. The Hall–Kier alpha value is -2.37. The average Bonchev–Trinajstić information content (AvgIpc) is 3.42. The molecule has 3 amide bonds. The molecule has 1 heterocycles. The number of carbonyl (C=O) groups is 3. The molecule has 2 aliphatic carbocycles. The standard InChI is InChI=1S/C23H20Cl2N2O3/c24-16-9-5-13(6-10-16)12-26(21(28)17-3-1-2-4-18(17)25)27-22(29)19-14-7-8-15(11-14)20(19)23(27)30/h1-6,9-10,14-15,19-20H,7-8,11-12H2/t14-,15-,19+,20+/m0/s1. The zero-order valence-electron chi connectivity index (χ0n) is 16.1. The summed E-state index contributed by atoms with van der Waals surface area (Å²) >= 11 is 12.3. The van der Waals surface area contributed by atoms with E-state index >= 15 is 0 Å². The number of imide groups is 1. The van der Waals surface area contributed by atoms with Crippen LogP contribution in [0.25, 0.3) is 0 Å². The van der Waals surface area contributed by atoms with Gasteiger partial charge in [0, 0.05) is 5.02 Å². The molecular formula is C23H20Cl2N2O3. The van der Waals surface area contributed by atoms with Gasteiger partial charge in [0.15, 0.2) is 0 Å². The Kier molecular flexibility index (Phi) is 4.83. The fourth-order valence-electron chi connectivity index (χ4n) is 5.40. The predicted octanol–water partition coefficient (Wildman–Crippen LogP) is 4.58. The van der Waals surface area contributed by atoms with E-state index in [1.54, 1.807) is 48.5 Å². The van der Waals surface area contributed by atoms with Crippen LogP contribution in [0.5, 0.6) is 0 Å². The van der Waals surface area contributed by atoms with Crippen LogP contribution >= 0.6 is 23.2 Å². The van der Waals surface area contributed by atoms with Crippen molar-refractivity contribution in [1.29, 1.82) is 0 Å². The van der Waals surface area contributed by atoms with Crippen LogP contribution < -0.4 is 0 Å². The monoisotopic (exact) mass is 442 g/mol. The second kappa shape index (κ2) is 7.40. The molecule has 0 spiro atoms. The molecule has 7 heteroatoms. The minimum Gasteiger partial charge on any atom is -0.272 e. The highest BCUT2D eigenvalue weighted by molar-refractivity contribution is 6.34. The zero-order chi connectivity index (χ0) is 21.0. The summed E-state index contributed by atoms with van der Waals surface area (Å²) in [6.45, 7) is 0.0769. The molecule has 4 atom stereocenters. The molecule has 2 aromatic carbocycles. The van der Waals surface area contributed by atoms with Crippen molar-refractivity contribution in [2.75, 3.05) is 0 Å². The quantitative estimate of drug-likeness (QED) is 0.650. The van der Waals surface area contributed by atoms with Gasteiger partial charge in [-0.2, -0.15) is 5.01 Å². The van der Waals surface area contributed by atoms with E-state index in [0.29, 0.717) is 5.02 Å². The smallest absolute Gasteiger partial charge is 0.272 e. The van der Waals surface area contributed by atoms with Gasteiger partial charge in [-0.05, 0) is 60.9 Å². The molecule has 0 aromatic heterocycles. The summed E-state index contributed by atoms with van der Waals surface area (Å²) in [6, 6.07) is 13.7. The third-order valence-corrected chi connectivity index (χ3v) is 7.31. The Morgan fingerprint density at radius 3 is 2.13 bits per heavy atom. The second-order valence-corrected chi connectivity index (χ2v) is 9.19. The Labute approximate surface area is 184 Å². The average molecular weight is 443 g/mol. The highest BCUT2D eigenvalue weighted by Crippen LogP contribution is 2.56. The van der Waals surface area contributed by atoms with Crippen molar-refractivity contribution in [3.05, 3.63) is 69.7 Å². The van der Waals surface area contributed by atoms with E-state index < -0.39 is 5.91 Å². The lowest BCUT2D eigenvalue weighted by Crippen LogP contribution is -2.50. The number of carbonyl (C=O) groups excluding carboxylic acids is 3. The van der Waals surface area contributed by atoms with E-state index in [0.717, 1.165) is 29.8 Å². The fraction of sp³-hybridized carbons (Fsp3) is 0.348. The van der Waals surface area contributed by atoms with Gasteiger partial charge < -0.3 is 0 Å². The van der Waals surface area contributed by atoms with Crippen molar-refractivity contribution >= 4 is 40.9 Å². The van der Waals surface area contributed by atoms with Gasteiger partial charge in [-0.25, -0.2) is 5.01 Å². The SMILES string of the molecule is O=C(c1ccccc1Cl)N(Cc1ccc(Cl)cc1)N1C(=O)[C@@H]2[C@H]3CC[C@@H](C3)[C@H]2C1=O. The van der Waals surface area contributed by atoms with Crippen LogP contribution in [0.2, 0.25) is 10.0 Å². The molecule has 5 nitrogen and oxygen atoms in total. The van der Waals surface area contributed by atoms with E-state index in [4.69, 9.17) is 23.2 Å². The van der Waals surface area contributed by atoms with Crippen molar-refractivity contribution in [2.45, 2.75) is 25.8 Å². The Balaban J connectivity index is 1.53. The highest BCUT2D eigenvalue weighted by Gasteiger charge is 2.62. The maximum absolute atomic E-state index is 13.5. The zero-order valence-corrected chi connectivity index (χ0v) is 17.6. The fourth-order valence-corrected chi connectivity index (χ4v) is 5.74. The lowest BCUT2D eigenvalue weighted by molar-refractivity contribution is -0.156. The molecule has 3 fully saturated rings. The number of halogens is 2. The molecule has 2 bridgehead atoms. The highest BCUT2D eigenvalue weighted by atomic mass is 35.5. The molecule has 0 radical (unpaired) electrons. The Bertz CT molecular complexity index is 1010. The van der Waals surface area contributed by atoms with Gasteiger partial charge in [0.25, 0.3) is 17.7 Å². The summed E-state index contributed by atoms with van der Waals surface area (Å²) in [5.41, 5.74) is 1.02. The molecule has 154 valence electrons. The molecule has 0 unspecified atom stereocenters. The molecule has 3 aliphatic rings. The number of rotatable bonds is 4. The van der Waals surface area contributed by atoms with E-state index in [1.165, 1.54) is 5.01 Å². The van der Waals surface area contributed by atoms with E-state index in [1.807, 2.05) is 0 Å². The lowest BCUT2D eigenvalue weighted by atomic mass is 9.81. The van der Waals surface area contributed by atoms with Gasteiger partial charge in [-0.15, -0.1) is 0 Å². The first kappa shape index (κ1) is 19.6. The Morgan fingerprint density at radius 1 is 0.933 bits per heavy atom. The maximum atomic E-state index is 13.5. The minimum absolute atomic E-state index is 0.0769. The molecule has 30 heavy (non-hydrogen) atoms. The third-order valence-electron chi connectivity index (χ3n) is 6.73. The number of fused-ring (bicyclic) bond motifs is 5. The van der Waals surface area contributed by atoms with Crippen LogP contribution in [0, 0.1) is 23.7 Å². The van der Waals surface area contributed by atoms with Crippen molar-refractivity contribution < 1.29 is 14.4 Å². The maximum Gasteiger partial charge on any atom is 0.274 e. The van der Waals surface area contributed by atoms with Gasteiger partial charge in [0.1, 0.15) is 0 Å². The van der Waals surface area contributed by atoms with Gasteiger partial charge in [-0.3, -0.25) is 14.4 Å². The van der Waals surface area contributed by atoms with Crippen molar-refractivity contribution in [1.82, 2.24) is 10.0 Å². The van der Waals surface area contributed by atoms with E-state index in [2.05, 4.69) is 0 Å². The number of amides is 3. The minimum atomic E-state index is -0.468. The van der Waals surface area contributed by atoms with Crippen molar-refractivity contribution in [3.8, 4) is 0 Å². The number of hydrogen-bond donors (Lipinski definition) is 0. The number of hydrogen-bond acceptors (Lipinski definition) is 3. The normalized spacial score (nSPS) is 26.9. The van der Waals surface area contributed by atoms with Crippen LogP contribution in [-0.4, -0.2) is 27.7 Å². The second-order valence-electron chi connectivity index (χ2n) is 8.34. The van der Waals surface area contributed by atoms with Crippen molar-refractivity contribution in [3.63, 3.8) is 0 Å². The first-order valence-corrected chi connectivity index (χ1v) is 10.9. The van der Waals surface area contributed by atoms with Gasteiger partial charge in [-0.1, -0.05) is 47.5 Å². The summed E-state index contributed by atoms with van der Waals surface area (Å²) in [5.74, 6) is -1.10. The molecule has 2 saturated carbocycles. The van der Waals surface area contributed by atoms with E-state index in [-0.39, 0.29) is 52.6 Å². The summed E-state index contributed by atoms with van der Waals surface area (Å²) in [7, 11) is 0. The third kappa shape index (κ3) is 3.03. The van der Waals surface area contributed by atoms with Gasteiger partial charge >= 0.3 is 0 Å². The van der Waals surface area contributed by atoms with Crippen molar-refractivity contribution in [2.24, 2.45) is 23.7 Å². The van der Waals surface area contributed by atoms with Crippen LogP contribution in [0.1, 0.15) is 35.2 Å². The van der Waals surface area contributed by atoms with Gasteiger partial charge in [0.2, 0.25) is 0 Å².